The van der Waals surface area contributed by atoms with Crippen LogP contribution >= 0.6 is 0 Å². The highest BCUT2D eigenvalue weighted by Gasteiger charge is 2.21. The molecule has 0 heterocycles. The van der Waals surface area contributed by atoms with Crippen molar-refractivity contribution < 1.29 is 22.7 Å². The molecule has 1 aromatic rings. The van der Waals surface area contributed by atoms with Crippen molar-refractivity contribution in [2.75, 3.05) is 19.4 Å². The van der Waals surface area contributed by atoms with E-state index in [0.717, 1.165) is 4.31 Å². The van der Waals surface area contributed by atoms with Crippen LogP contribution in [0.4, 0.5) is 5.69 Å². The molecule has 1 amide bonds. The first-order valence-electron chi connectivity index (χ1n) is 7.09. The number of rotatable bonds is 6. The summed E-state index contributed by atoms with van der Waals surface area (Å²) in [6.07, 6.45) is -0.973. The first kappa shape index (κ1) is 19.1. The lowest BCUT2D eigenvalue weighted by atomic mass is 10.2. The van der Waals surface area contributed by atoms with Crippen molar-refractivity contribution in [1.82, 2.24) is 4.31 Å². The number of hydrogen-bond donors (Lipinski definition) is 1. The maximum atomic E-state index is 12.1. The van der Waals surface area contributed by atoms with Gasteiger partial charge in [-0.2, -0.15) is 0 Å². The molecule has 0 spiro atoms. The SMILES string of the molecule is CC(C)C(=O)O[C@H](C)C(=O)Nc1cccc(S(=O)(=O)N(C)C)c1. The minimum atomic E-state index is -3.59. The summed E-state index contributed by atoms with van der Waals surface area (Å²) in [6, 6.07) is 5.87. The van der Waals surface area contributed by atoms with Crippen molar-refractivity contribution in [3.05, 3.63) is 24.3 Å². The van der Waals surface area contributed by atoms with Gasteiger partial charge in [-0.25, -0.2) is 12.7 Å². The standard InChI is InChI=1S/C15H22N2O5S/c1-10(2)15(19)22-11(3)14(18)16-12-7-6-8-13(9-12)23(20,21)17(4)5/h6-11H,1-5H3,(H,16,18)/t11-/m1/s1. The van der Waals surface area contributed by atoms with Gasteiger partial charge < -0.3 is 10.1 Å². The fourth-order valence-electron chi connectivity index (χ4n) is 1.55. The molecule has 23 heavy (non-hydrogen) atoms. The maximum absolute atomic E-state index is 12.1. The maximum Gasteiger partial charge on any atom is 0.309 e. The Morgan fingerprint density at radius 1 is 1.17 bits per heavy atom. The first-order valence-corrected chi connectivity index (χ1v) is 8.53. The summed E-state index contributed by atoms with van der Waals surface area (Å²) in [6.45, 7) is 4.79. The second-order valence-corrected chi connectivity index (χ2v) is 7.69. The predicted octanol–water partition coefficient (Wildman–Crippen LogP) is 1.46. The van der Waals surface area contributed by atoms with Gasteiger partial charge in [0.05, 0.1) is 10.8 Å². The fraction of sp³-hybridized carbons (Fsp3) is 0.467. The molecule has 0 saturated carbocycles. The highest BCUT2D eigenvalue weighted by atomic mass is 32.2. The van der Waals surface area contributed by atoms with Crippen LogP contribution < -0.4 is 5.32 Å². The third-order valence-corrected chi connectivity index (χ3v) is 4.82. The highest BCUT2D eigenvalue weighted by molar-refractivity contribution is 7.89. The monoisotopic (exact) mass is 342 g/mol. The number of nitrogens with zero attached hydrogens (tertiary/aromatic N) is 1. The summed E-state index contributed by atoms with van der Waals surface area (Å²) in [7, 11) is -0.740. The summed E-state index contributed by atoms with van der Waals surface area (Å²) in [4.78, 5) is 23.6. The normalized spacial score (nSPS) is 13.0. The van der Waals surface area contributed by atoms with E-state index in [2.05, 4.69) is 5.32 Å². The van der Waals surface area contributed by atoms with Crippen LogP contribution in [0.25, 0.3) is 0 Å². The number of esters is 1. The zero-order valence-electron chi connectivity index (χ0n) is 13.9. The second kappa shape index (κ2) is 7.56. The van der Waals surface area contributed by atoms with Crippen LogP contribution in [0.2, 0.25) is 0 Å². The molecule has 0 aromatic heterocycles. The number of nitrogens with one attached hydrogen (secondary N) is 1. The van der Waals surface area contributed by atoms with Crippen LogP contribution in [0, 0.1) is 5.92 Å². The number of carbonyl (C=O) groups excluding carboxylic acids is 2. The van der Waals surface area contributed by atoms with Crippen LogP contribution in [-0.2, 0) is 24.3 Å². The van der Waals surface area contributed by atoms with E-state index in [1.807, 2.05) is 0 Å². The Morgan fingerprint density at radius 2 is 1.78 bits per heavy atom. The number of carbonyl (C=O) groups is 2. The van der Waals surface area contributed by atoms with Crippen molar-refractivity contribution in [2.45, 2.75) is 31.8 Å². The number of ether oxygens (including phenoxy) is 1. The van der Waals surface area contributed by atoms with Gasteiger partial charge in [-0.15, -0.1) is 0 Å². The summed E-state index contributed by atoms with van der Waals surface area (Å²) >= 11 is 0. The second-order valence-electron chi connectivity index (χ2n) is 5.54. The van der Waals surface area contributed by atoms with E-state index in [1.165, 1.54) is 39.2 Å². The van der Waals surface area contributed by atoms with Gasteiger partial charge in [-0.05, 0) is 25.1 Å². The minimum absolute atomic E-state index is 0.0622. The van der Waals surface area contributed by atoms with Crippen LogP contribution in [0.5, 0.6) is 0 Å². The third kappa shape index (κ3) is 5.04. The summed E-state index contributed by atoms with van der Waals surface area (Å²) in [5, 5.41) is 2.54. The molecule has 1 rings (SSSR count). The smallest absolute Gasteiger partial charge is 0.309 e. The van der Waals surface area contributed by atoms with Crippen molar-refractivity contribution in [3.63, 3.8) is 0 Å². The van der Waals surface area contributed by atoms with Gasteiger partial charge in [0.2, 0.25) is 10.0 Å². The van der Waals surface area contributed by atoms with Gasteiger partial charge in [-0.3, -0.25) is 9.59 Å². The molecule has 0 unspecified atom stereocenters. The molecule has 0 saturated heterocycles. The van der Waals surface area contributed by atoms with Crippen molar-refractivity contribution in [2.24, 2.45) is 5.92 Å². The number of sulfonamides is 1. The Hall–Kier alpha value is -1.93. The third-order valence-electron chi connectivity index (χ3n) is 3.01. The molecule has 0 fully saturated rings. The van der Waals surface area contributed by atoms with E-state index < -0.39 is 28.0 Å². The fourth-order valence-corrected chi connectivity index (χ4v) is 2.50. The van der Waals surface area contributed by atoms with E-state index in [9.17, 15) is 18.0 Å². The van der Waals surface area contributed by atoms with E-state index >= 15 is 0 Å². The number of hydrogen-bond acceptors (Lipinski definition) is 5. The summed E-state index contributed by atoms with van der Waals surface area (Å²) < 4.78 is 30.2. The van der Waals surface area contributed by atoms with Crippen LogP contribution in [0.15, 0.2) is 29.2 Å². The van der Waals surface area contributed by atoms with Gasteiger partial charge in [-0.1, -0.05) is 19.9 Å². The van der Waals surface area contributed by atoms with Crippen molar-refractivity contribution >= 4 is 27.6 Å². The van der Waals surface area contributed by atoms with Gasteiger partial charge >= 0.3 is 5.97 Å². The van der Waals surface area contributed by atoms with Crippen molar-refractivity contribution in [3.8, 4) is 0 Å². The largest absolute Gasteiger partial charge is 0.452 e. The van der Waals surface area contributed by atoms with Crippen LogP contribution in [0.3, 0.4) is 0 Å². The summed E-state index contributed by atoms with van der Waals surface area (Å²) in [5.74, 6) is -1.34. The lowest BCUT2D eigenvalue weighted by Crippen LogP contribution is -2.31. The molecule has 0 bridgehead atoms. The molecule has 0 aliphatic carbocycles. The molecule has 7 nitrogen and oxygen atoms in total. The summed E-state index contributed by atoms with van der Waals surface area (Å²) in [5.41, 5.74) is 0.311. The van der Waals surface area contributed by atoms with Gasteiger partial charge in [0.15, 0.2) is 6.10 Å². The Balaban J connectivity index is 2.86. The van der Waals surface area contributed by atoms with E-state index in [1.54, 1.807) is 19.9 Å². The lowest BCUT2D eigenvalue weighted by molar-refractivity contribution is -0.156. The van der Waals surface area contributed by atoms with Gasteiger partial charge in [0, 0.05) is 19.8 Å². The average molecular weight is 342 g/mol. The molecule has 0 radical (unpaired) electrons. The lowest BCUT2D eigenvalue weighted by Gasteiger charge is -2.16. The van der Waals surface area contributed by atoms with Crippen molar-refractivity contribution in [1.29, 1.82) is 0 Å². The number of anilines is 1. The predicted molar refractivity (Wildman–Crippen MR) is 86.3 cm³/mol. The molecular formula is C15H22N2O5S. The average Bonchev–Trinajstić information content (AvgIpc) is 2.46. The quantitative estimate of drug-likeness (QED) is 0.790. The Kier molecular flexibility index (Phi) is 6.28. The molecular weight excluding hydrogens is 320 g/mol. The molecule has 128 valence electrons. The zero-order chi connectivity index (χ0) is 17.8. The van der Waals surface area contributed by atoms with E-state index in [4.69, 9.17) is 4.74 Å². The van der Waals surface area contributed by atoms with Gasteiger partial charge in [0.25, 0.3) is 5.91 Å². The molecule has 0 aliphatic rings. The van der Waals surface area contributed by atoms with Gasteiger partial charge in [0.1, 0.15) is 0 Å². The van der Waals surface area contributed by atoms with Crippen LogP contribution in [0.1, 0.15) is 20.8 Å². The first-order chi connectivity index (χ1) is 10.6. The Bertz CT molecular complexity index is 683. The highest BCUT2D eigenvalue weighted by Crippen LogP contribution is 2.18. The van der Waals surface area contributed by atoms with E-state index in [-0.39, 0.29) is 10.8 Å². The topological polar surface area (TPSA) is 92.8 Å². The molecule has 1 aromatic carbocycles. The Morgan fingerprint density at radius 3 is 2.30 bits per heavy atom. The molecule has 1 N–H and O–H groups in total. The molecule has 8 heteroatoms. The molecule has 0 aliphatic heterocycles. The van der Waals surface area contributed by atoms with Crippen LogP contribution in [-0.4, -0.2) is 44.8 Å². The molecule has 1 atom stereocenters. The Labute approximate surface area is 136 Å². The minimum Gasteiger partial charge on any atom is -0.452 e. The van der Waals surface area contributed by atoms with E-state index in [0.29, 0.717) is 5.69 Å². The number of amides is 1. The number of benzene rings is 1. The zero-order valence-corrected chi connectivity index (χ0v) is 14.7.